The summed E-state index contributed by atoms with van der Waals surface area (Å²) in [6, 6.07) is 1.90. The molecule has 1 aromatic heterocycles. The van der Waals surface area contributed by atoms with Gasteiger partial charge >= 0.3 is 5.97 Å². The maximum atomic E-state index is 11.9. The van der Waals surface area contributed by atoms with Gasteiger partial charge in [0.15, 0.2) is 0 Å². The number of hydrogen-bond acceptors (Lipinski definition) is 5. The molecule has 1 amide bonds. The predicted molar refractivity (Wildman–Crippen MR) is 74.6 cm³/mol. The molecule has 2 atom stereocenters. The van der Waals surface area contributed by atoms with E-state index in [1.165, 1.54) is 0 Å². The second kappa shape index (κ2) is 5.67. The summed E-state index contributed by atoms with van der Waals surface area (Å²) in [4.78, 5) is 33.2. The first-order valence-corrected chi connectivity index (χ1v) is 7.20. The van der Waals surface area contributed by atoms with E-state index in [-0.39, 0.29) is 17.9 Å². The summed E-state index contributed by atoms with van der Waals surface area (Å²) in [6.07, 6.45) is 5.56. The number of anilines is 1. The van der Waals surface area contributed by atoms with Crippen molar-refractivity contribution in [1.82, 2.24) is 15.3 Å². The van der Waals surface area contributed by atoms with Crippen molar-refractivity contribution in [3.05, 3.63) is 18.5 Å². The van der Waals surface area contributed by atoms with Crippen LogP contribution >= 0.6 is 0 Å². The van der Waals surface area contributed by atoms with Crippen molar-refractivity contribution in [2.45, 2.75) is 25.3 Å². The zero-order valence-electron chi connectivity index (χ0n) is 11.6. The molecule has 2 aliphatic rings. The molecular formula is C14H18N4O3. The molecule has 1 saturated carbocycles. The molecule has 1 saturated heterocycles. The van der Waals surface area contributed by atoms with Gasteiger partial charge in [0, 0.05) is 31.5 Å². The van der Waals surface area contributed by atoms with Gasteiger partial charge in [0.25, 0.3) is 0 Å². The van der Waals surface area contributed by atoms with E-state index >= 15 is 0 Å². The first kappa shape index (κ1) is 13.8. The van der Waals surface area contributed by atoms with E-state index in [1.807, 2.05) is 0 Å². The molecule has 1 aliphatic heterocycles. The Labute approximate surface area is 122 Å². The Morgan fingerprint density at radius 1 is 1.19 bits per heavy atom. The van der Waals surface area contributed by atoms with Gasteiger partial charge in [-0.1, -0.05) is 0 Å². The van der Waals surface area contributed by atoms with Gasteiger partial charge in [-0.3, -0.25) is 9.59 Å². The predicted octanol–water partition coefficient (Wildman–Crippen LogP) is 0.282. The average Bonchev–Trinajstić information content (AvgIpc) is 3.30. The van der Waals surface area contributed by atoms with E-state index in [0.717, 1.165) is 31.9 Å². The SMILES string of the molecule is O=C(O)C1CC1C(=O)NC1CCN(c2ncccn2)CC1. The van der Waals surface area contributed by atoms with Gasteiger partial charge in [0.2, 0.25) is 11.9 Å². The van der Waals surface area contributed by atoms with E-state index in [1.54, 1.807) is 18.5 Å². The van der Waals surface area contributed by atoms with Crippen LogP contribution in [0.4, 0.5) is 5.95 Å². The summed E-state index contributed by atoms with van der Waals surface area (Å²) in [5.74, 6) is -1.08. The molecule has 3 rings (SSSR count). The lowest BCUT2D eigenvalue weighted by Gasteiger charge is -2.32. The molecular weight excluding hydrogens is 272 g/mol. The molecule has 2 unspecified atom stereocenters. The fourth-order valence-corrected chi connectivity index (χ4v) is 2.74. The highest BCUT2D eigenvalue weighted by molar-refractivity contribution is 5.89. The zero-order valence-corrected chi connectivity index (χ0v) is 11.6. The van der Waals surface area contributed by atoms with Crippen LogP contribution in [0.5, 0.6) is 0 Å². The minimum atomic E-state index is -0.869. The van der Waals surface area contributed by atoms with Gasteiger partial charge in [-0.25, -0.2) is 9.97 Å². The van der Waals surface area contributed by atoms with Gasteiger partial charge in [0.05, 0.1) is 11.8 Å². The minimum absolute atomic E-state index is 0.114. The molecule has 2 heterocycles. The number of amides is 1. The Bertz CT molecular complexity index is 528. The summed E-state index contributed by atoms with van der Waals surface area (Å²) >= 11 is 0. The number of nitrogens with one attached hydrogen (secondary N) is 1. The number of carboxylic acids is 1. The fourth-order valence-electron chi connectivity index (χ4n) is 2.74. The Kier molecular flexibility index (Phi) is 3.72. The maximum absolute atomic E-state index is 11.9. The van der Waals surface area contributed by atoms with Crippen molar-refractivity contribution in [3.8, 4) is 0 Å². The number of carboxylic acid groups (broad SMARTS) is 1. The van der Waals surface area contributed by atoms with Crippen LogP contribution in [0.25, 0.3) is 0 Å². The third kappa shape index (κ3) is 3.12. The quantitative estimate of drug-likeness (QED) is 0.827. The second-order valence-electron chi connectivity index (χ2n) is 5.61. The van der Waals surface area contributed by atoms with E-state index in [0.29, 0.717) is 6.42 Å². The third-order valence-corrected chi connectivity index (χ3v) is 4.12. The summed E-state index contributed by atoms with van der Waals surface area (Å²) in [7, 11) is 0. The number of aliphatic carboxylic acids is 1. The van der Waals surface area contributed by atoms with Crippen LogP contribution in [0.2, 0.25) is 0 Å². The first-order valence-electron chi connectivity index (χ1n) is 7.20. The topological polar surface area (TPSA) is 95.4 Å². The van der Waals surface area contributed by atoms with Crippen molar-refractivity contribution >= 4 is 17.8 Å². The van der Waals surface area contributed by atoms with Gasteiger partial charge in [0.1, 0.15) is 0 Å². The number of carbonyl (C=O) groups excluding carboxylic acids is 1. The lowest BCUT2D eigenvalue weighted by Crippen LogP contribution is -2.45. The van der Waals surface area contributed by atoms with Gasteiger partial charge < -0.3 is 15.3 Å². The Hall–Kier alpha value is -2.18. The molecule has 1 aromatic rings. The molecule has 7 heteroatoms. The van der Waals surface area contributed by atoms with Crippen LogP contribution in [0.3, 0.4) is 0 Å². The van der Waals surface area contributed by atoms with Gasteiger partial charge in [-0.2, -0.15) is 0 Å². The minimum Gasteiger partial charge on any atom is -0.481 e. The Morgan fingerprint density at radius 2 is 1.86 bits per heavy atom. The Balaban J connectivity index is 1.46. The van der Waals surface area contributed by atoms with E-state index in [9.17, 15) is 9.59 Å². The lowest BCUT2D eigenvalue weighted by molar-refractivity contribution is -0.140. The first-order chi connectivity index (χ1) is 10.1. The summed E-state index contributed by atoms with van der Waals surface area (Å²) in [6.45, 7) is 1.59. The normalized spacial score (nSPS) is 25.4. The number of hydrogen-bond donors (Lipinski definition) is 2. The molecule has 2 N–H and O–H groups in total. The number of nitrogens with zero attached hydrogens (tertiary/aromatic N) is 3. The highest BCUT2D eigenvalue weighted by Gasteiger charge is 2.48. The number of aromatic nitrogens is 2. The van der Waals surface area contributed by atoms with Crippen molar-refractivity contribution in [2.75, 3.05) is 18.0 Å². The standard InChI is InChI=1S/C14H18N4O3/c19-12(10-8-11(10)13(20)21)17-9-2-6-18(7-3-9)14-15-4-1-5-16-14/h1,4-5,9-11H,2-3,6-8H2,(H,17,19)(H,20,21). The van der Waals surface area contributed by atoms with Crippen molar-refractivity contribution in [2.24, 2.45) is 11.8 Å². The van der Waals surface area contributed by atoms with Crippen LogP contribution in [0.1, 0.15) is 19.3 Å². The largest absolute Gasteiger partial charge is 0.481 e. The number of carbonyl (C=O) groups is 2. The van der Waals surface area contributed by atoms with Crippen molar-refractivity contribution in [3.63, 3.8) is 0 Å². The lowest BCUT2D eigenvalue weighted by atomic mass is 10.0. The summed E-state index contributed by atoms with van der Waals surface area (Å²) in [5.41, 5.74) is 0. The number of piperidine rings is 1. The van der Waals surface area contributed by atoms with E-state index in [2.05, 4.69) is 20.2 Å². The molecule has 0 spiro atoms. The monoisotopic (exact) mass is 290 g/mol. The highest BCUT2D eigenvalue weighted by Crippen LogP contribution is 2.38. The Morgan fingerprint density at radius 3 is 2.43 bits per heavy atom. The average molecular weight is 290 g/mol. The smallest absolute Gasteiger partial charge is 0.307 e. The van der Waals surface area contributed by atoms with Crippen LogP contribution in [-0.4, -0.2) is 46.1 Å². The van der Waals surface area contributed by atoms with Crippen LogP contribution in [-0.2, 0) is 9.59 Å². The number of rotatable bonds is 4. The maximum Gasteiger partial charge on any atom is 0.307 e. The van der Waals surface area contributed by atoms with Crippen LogP contribution in [0, 0.1) is 11.8 Å². The molecule has 1 aliphatic carbocycles. The van der Waals surface area contributed by atoms with Gasteiger partial charge in [-0.05, 0) is 25.3 Å². The van der Waals surface area contributed by atoms with Crippen LogP contribution < -0.4 is 10.2 Å². The second-order valence-corrected chi connectivity index (χ2v) is 5.61. The molecule has 7 nitrogen and oxygen atoms in total. The fraction of sp³-hybridized carbons (Fsp3) is 0.571. The molecule has 0 radical (unpaired) electrons. The summed E-state index contributed by atoms with van der Waals surface area (Å²) in [5, 5.41) is 11.8. The van der Waals surface area contributed by atoms with E-state index < -0.39 is 11.9 Å². The molecule has 2 fully saturated rings. The molecule has 0 bridgehead atoms. The van der Waals surface area contributed by atoms with Crippen molar-refractivity contribution in [1.29, 1.82) is 0 Å². The third-order valence-electron chi connectivity index (χ3n) is 4.12. The molecule has 0 aromatic carbocycles. The van der Waals surface area contributed by atoms with Crippen molar-refractivity contribution < 1.29 is 14.7 Å². The zero-order chi connectivity index (χ0) is 14.8. The molecule has 112 valence electrons. The highest BCUT2D eigenvalue weighted by atomic mass is 16.4. The van der Waals surface area contributed by atoms with Crippen LogP contribution in [0.15, 0.2) is 18.5 Å². The molecule has 21 heavy (non-hydrogen) atoms. The summed E-state index contributed by atoms with van der Waals surface area (Å²) < 4.78 is 0. The van der Waals surface area contributed by atoms with E-state index in [4.69, 9.17) is 5.11 Å². The van der Waals surface area contributed by atoms with Gasteiger partial charge in [-0.15, -0.1) is 0 Å².